The molecule has 88 valence electrons. The van der Waals surface area contributed by atoms with Crippen LogP contribution < -0.4 is 0 Å². The van der Waals surface area contributed by atoms with Gasteiger partial charge in [0, 0.05) is 6.42 Å². The molecule has 0 amide bonds. The van der Waals surface area contributed by atoms with Crippen LogP contribution in [0.25, 0.3) is 0 Å². The zero-order chi connectivity index (χ0) is 11.3. The van der Waals surface area contributed by atoms with E-state index in [9.17, 15) is 9.59 Å². The molecule has 0 aliphatic heterocycles. The van der Waals surface area contributed by atoms with Gasteiger partial charge in [-0.05, 0) is 61.7 Å². The third-order valence-corrected chi connectivity index (χ3v) is 4.94. The second-order valence-corrected chi connectivity index (χ2v) is 6.32. The molecule has 4 rings (SSSR count). The maximum absolute atomic E-state index is 11.4. The van der Waals surface area contributed by atoms with Crippen molar-refractivity contribution >= 4 is 11.8 Å². The predicted octanol–water partition coefficient (Wildman–Crippen LogP) is 2.25. The van der Waals surface area contributed by atoms with Gasteiger partial charge in [-0.25, -0.2) is 4.79 Å². The lowest BCUT2D eigenvalue weighted by Crippen LogP contribution is -2.47. The molecule has 4 saturated carbocycles. The number of carbonyl (C=O) groups excluding carboxylic acids is 1. The Morgan fingerprint density at radius 3 is 1.81 bits per heavy atom. The van der Waals surface area contributed by atoms with Gasteiger partial charge >= 0.3 is 5.97 Å². The lowest BCUT2D eigenvalue weighted by atomic mass is 9.48. The summed E-state index contributed by atoms with van der Waals surface area (Å²) in [7, 11) is 0. The maximum Gasteiger partial charge on any atom is 0.372 e. The Balaban J connectivity index is 1.78. The highest BCUT2D eigenvalue weighted by molar-refractivity contribution is 6.32. The summed E-state index contributed by atoms with van der Waals surface area (Å²) in [6.07, 6.45) is 7.63. The third kappa shape index (κ3) is 1.57. The molecular formula is C13H18O3. The summed E-state index contributed by atoms with van der Waals surface area (Å²) in [6, 6.07) is 0. The lowest BCUT2D eigenvalue weighted by molar-refractivity contribution is -0.152. The third-order valence-electron chi connectivity index (χ3n) is 4.94. The molecule has 4 fully saturated rings. The Morgan fingerprint density at radius 1 is 1.00 bits per heavy atom. The van der Waals surface area contributed by atoms with Crippen LogP contribution in [0.5, 0.6) is 0 Å². The van der Waals surface area contributed by atoms with Gasteiger partial charge in [-0.2, -0.15) is 0 Å². The van der Waals surface area contributed by atoms with Crippen molar-refractivity contribution < 1.29 is 14.7 Å². The largest absolute Gasteiger partial charge is 0.476 e. The Hall–Kier alpha value is -0.860. The zero-order valence-corrected chi connectivity index (χ0v) is 9.45. The van der Waals surface area contributed by atoms with Crippen molar-refractivity contribution in [2.24, 2.45) is 23.2 Å². The van der Waals surface area contributed by atoms with Crippen LogP contribution in [0.4, 0.5) is 0 Å². The van der Waals surface area contributed by atoms with Gasteiger partial charge in [0.25, 0.3) is 0 Å². The minimum absolute atomic E-state index is 0.0736. The monoisotopic (exact) mass is 222 g/mol. The van der Waals surface area contributed by atoms with E-state index in [-0.39, 0.29) is 5.41 Å². The van der Waals surface area contributed by atoms with Crippen LogP contribution in [0.2, 0.25) is 0 Å². The molecule has 0 aromatic heterocycles. The summed E-state index contributed by atoms with van der Waals surface area (Å²) in [5.41, 5.74) is 0.0736. The minimum Gasteiger partial charge on any atom is -0.476 e. The van der Waals surface area contributed by atoms with Gasteiger partial charge in [-0.1, -0.05) is 0 Å². The van der Waals surface area contributed by atoms with Crippen LogP contribution >= 0.6 is 0 Å². The molecule has 0 aromatic carbocycles. The van der Waals surface area contributed by atoms with Crippen molar-refractivity contribution in [3.63, 3.8) is 0 Å². The van der Waals surface area contributed by atoms with E-state index in [2.05, 4.69) is 0 Å². The first-order valence-corrected chi connectivity index (χ1v) is 6.32. The summed E-state index contributed by atoms with van der Waals surface area (Å²) < 4.78 is 0. The molecular weight excluding hydrogens is 204 g/mol. The van der Waals surface area contributed by atoms with Crippen LogP contribution in [0.15, 0.2) is 0 Å². The Kier molecular flexibility index (Phi) is 2.13. The number of rotatable bonds is 3. The molecule has 16 heavy (non-hydrogen) atoms. The lowest BCUT2D eigenvalue weighted by Gasteiger charge is -2.56. The van der Waals surface area contributed by atoms with Crippen molar-refractivity contribution in [2.45, 2.75) is 44.9 Å². The van der Waals surface area contributed by atoms with Gasteiger partial charge in [0.1, 0.15) is 0 Å². The molecule has 0 atom stereocenters. The highest BCUT2D eigenvalue weighted by atomic mass is 16.4. The number of hydrogen-bond donors (Lipinski definition) is 1. The molecule has 3 heteroatoms. The van der Waals surface area contributed by atoms with Crippen molar-refractivity contribution in [2.75, 3.05) is 0 Å². The van der Waals surface area contributed by atoms with Crippen molar-refractivity contribution in [3.05, 3.63) is 0 Å². The number of aliphatic carboxylic acids is 1. The van der Waals surface area contributed by atoms with Gasteiger partial charge in [-0.3, -0.25) is 4.79 Å². The fourth-order valence-electron chi connectivity index (χ4n) is 4.92. The zero-order valence-electron chi connectivity index (χ0n) is 9.45. The average Bonchev–Trinajstić information content (AvgIpc) is 2.13. The quantitative estimate of drug-likeness (QED) is 0.745. The van der Waals surface area contributed by atoms with E-state index in [0.29, 0.717) is 6.42 Å². The number of hydrogen-bond acceptors (Lipinski definition) is 2. The summed E-state index contributed by atoms with van der Waals surface area (Å²) in [4.78, 5) is 22.1. The van der Waals surface area contributed by atoms with Crippen molar-refractivity contribution in [1.82, 2.24) is 0 Å². The van der Waals surface area contributed by atoms with Gasteiger partial charge in [0.15, 0.2) is 0 Å². The molecule has 0 aromatic rings. The maximum atomic E-state index is 11.4. The van der Waals surface area contributed by atoms with E-state index < -0.39 is 11.8 Å². The fourth-order valence-corrected chi connectivity index (χ4v) is 4.92. The number of carboxylic acids is 1. The van der Waals surface area contributed by atoms with Gasteiger partial charge in [0.05, 0.1) is 0 Å². The summed E-state index contributed by atoms with van der Waals surface area (Å²) in [5, 5.41) is 8.73. The molecule has 4 bridgehead atoms. The first-order chi connectivity index (χ1) is 7.56. The summed E-state index contributed by atoms with van der Waals surface area (Å²) in [6.45, 7) is 0. The Morgan fingerprint density at radius 2 is 1.44 bits per heavy atom. The first kappa shape index (κ1) is 10.3. The predicted molar refractivity (Wildman–Crippen MR) is 57.9 cm³/mol. The highest BCUT2D eigenvalue weighted by Gasteiger charge is 2.51. The molecule has 0 heterocycles. The summed E-state index contributed by atoms with van der Waals surface area (Å²) in [5.74, 6) is 0.547. The van der Waals surface area contributed by atoms with Crippen LogP contribution in [-0.4, -0.2) is 16.9 Å². The first-order valence-electron chi connectivity index (χ1n) is 6.32. The molecule has 0 unspecified atom stereocenters. The minimum atomic E-state index is -1.24. The van der Waals surface area contributed by atoms with Crippen LogP contribution in [-0.2, 0) is 9.59 Å². The Bertz CT molecular complexity index is 310. The summed E-state index contributed by atoms with van der Waals surface area (Å²) >= 11 is 0. The number of carbonyl (C=O) groups is 2. The van der Waals surface area contributed by atoms with Crippen LogP contribution in [0.3, 0.4) is 0 Å². The molecule has 0 radical (unpaired) electrons. The molecule has 1 N–H and O–H groups in total. The molecule has 3 nitrogen and oxygen atoms in total. The normalized spacial score (nSPS) is 44.6. The standard InChI is InChI=1S/C13H18O3/c14-11(12(15)16)7-13-4-8-1-9(5-13)3-10(2-8)6-13/h8-10H,1-7H2,(H,15,16). The van der Waals surface area contributed by atoms with Gasteiger partial charge in [0.2, 0.25) is 5.78 Å². The van der Waals surface area contributed by atoms with E-state index in [1.807, 2.05) is 0 Å². The SMILES string of the molecule is O=C(O)C(=O)CC12CC3CC(CC(C3)C1)C2. The number of ketones is 1. The van der Waals surface area contributed by atoms with Crippen LogP contribution in [0.1, 0.15) is 44.9 Å². The van der Waals surface area contributed by atoms with Gasteiger partial charge < -0.3 is 5.11 Å². The molecule has 4 aliphatic carbocycles. The number of carboxylic acid groups (broad SMARTS) is 1. The second kappa shape index (κ2) is 3.31. The van der Waals surface area contributed by atoms with Crippen molar-refractivity contribution in [1.29, 1.82) is 0 Å². The molecule has 0 saturated heterocycles. The highest BCUT2D eigenvalue weighted by Crippen LogP contribution is 2.61. The van der Waals surface area contributed by atoms with E-state index in [1.165, 1.54) is 19.3 Å². The topological polar surface area (TPSA) is 54.4 Å². The fraction of sp³-hybridized carbons (Fsp3) is 0.846. The smallest absolute Gasteiger partial charge is 0.372 e. The van der Waals surface area contributed by atoms with Gasteiger partial charge in [-0.15, -0.1) is 0 Å². The Labute approximate surface area is 95.2 Å². The van der Waals surface area contributed by atoms with E-state index in [0.717, 1.165) is 37.0 Å². The number of Topliss-reactive ketones (excluding diaryl/α,β-unsaturated/α-hetero) is 1. The van der Waals surface area contributed by atoms with E-state index in [4.69, 9.17) is 5.11 Å². The van der Waals surface area contributed by atoms with E-state index in [1.54, 1.807) is 0 Å². The van der Waals surface area contributed by atoms with Crippen molar-refractivity contribution in [3.8, 4) is 0 Å². The van der Waals surface area contributed by atoms with E-state index >= 15 is 0 Å². The average molecular weight is 222 g/mol. The molecule has 4 aliphatic rings. The second-order valence-electron chi connectivity index (χ2n) is 6.32. The molecule has 0 spiro atoms. The van der Waals surface area contributed by atoms with Crippen LogP contribution in [0, 0.1) is 23.2 Å².